The molecule has 72 valence electrons. The normalized spacial score (nSPS) is 10.5. The lowest BCUT2D eigenvalue weighted by atomic mass is 10.4. The highest BCUT2D eigenvalue weighted by atomic mass is 35.5. The average molecular weight is 218 g/mol. The van der Waals surface area contributed by atoms with Gasteiger partial charge in [0.15, 0.2) is 0 Å². The van der Waals surface area contributed by atoms with Gasteiger partial charge in [0.05, 0.1) is 11.0 Å². The molecule has 0 amide bonds. The molecule has 0 atom stereocenters. The first-order chi connectivity index (χ1) is 6.13. The van der Waals surface area contributed by atoms with Crippen molar-refractivity contribution in [2.45, 2.75) is 24.8 Å². The van der Waals surface area contributed by atoms with Gasteiger partial charge in [-0.05, 0) is 32.2 Å². The van der Waals surface area contributed by atoms with Gasteiger partial charge < -0.3 is 4.74 Å². The predicted octanol–water partition coefficient (Wildman–Crippen LogP) is 3.24. The van der Waals surface area contributed by atoms with Gasteiger partial charge in [-0.25, -0.2) is 4.98 Å². The molecule has 13 heavy (non-hydrogen) atoms. The van der Waals surface area contributed by atoms with Crippen LogP contribution in [0.2, 0.25) is 5.15 Å². The molecule has 4 heteroatoms. The Bertz CT molecular complexity index is 291. The van der Waals surface area contributed by atoms with E-state index in [4.69, 9.17) is 16.3 Å². The number of hydrogen-bond donors (Lipinski definition) is 0. The highest BCUT2D eigenvalue weighted by molar-refractivity contribution is 7.98. The van der Waals surface area contributed by atoms with Crippen LogP contribution >= 0.6 is 23.4 Å². The topological polar surface area (TPSA) is 22.1 Å². The van der Waals surface area contributed by atoms with Crippen LogP contribution in [0, 0.1) is 0 Å². The van der Waals surface area contributed by atoms with Gasteiger partial charge in [0.1, 0.15) is 5.15 Å². The summed E-state index contributed by atoms with van der Waals surface area (Å²) in [5.41, 5.74) is 0. The molecule has 0 aliphatic carbocycles. The molecular formula is C9H12ClNOS. The molecule has 0 saturated heterocycles. The second-order valence-corrected chi connectivity index (χ2v) is 4.04. The summed E-state index contributed by atoms with van der Waals surface area (Å²) in [5, 5.41) is 0.466. The third-order valence-corrected chi connectivity index (χ3v) is 2.32. The molecule has 0 radical (unpaired) electrons. The second kappa shape index (κ2) is 4.72. The number of rotatable bonds is 3. The Morgan fingerprint density at radius 2 is 2.15 bits per heavy atom. The summed E-state index contributed by atoms with van der Waals surface area (Å²) in [4.78, 5) is 5.12. The van der Waals surface area contributed by atoms with Crippen LogP contribution < -0.4 is 4.74 Å². The van der Waals surface area contributed by atoms with Crippen molar-refractivity contribution in [3.05, 3.63) is 17.3 Å². The van der Waals surface area contributed by atoms with Crippen molar-refractivity contribution in [2.75, 3.05) is 6.26 Å². The lowest BCUT2D eigenvalue weighted by Gasteiger charge is -2.11. The zero-order chi connectivity index (χ0) is 9.84. The van der Waals surface area contributed by atoms with E-state index in [-0.39, 0.29) is 6.10 Å². The first-order valence-corrected chi connectivity index (χ1v) is 5.61. The molecule has 0 aromatic carbocycles. The van der Waals surface area contributed by atoms with Crippen molar-refractivity contribution in [2.24, 2.45) is 0 Å². The van der Waals surface area contributed by atoms with E-state index >= 15 is 0 Å². The van der Waals surface area contributed by atoms with Crippen molar-refractivity contribution in [1.82, 2.24) is 4.98 Å². The van der Waals surface area contributed by atoms with Gasteiger partial charge in [-0.15, -0.1) is 11.8 Å². The quantitative estimate of drug-likeness (QED) is 0.573. The Balaban J connectivity index is 2.94. The lowest BCUT2D eigenvalue weighted by Crippen LogP contribution is -2.07. The maximum absolute atomic E-state index is 5.76. The molecule has 0 aliphatic rings. The SMILES string of the molecule is CSc1ccc(Cl)nc1OC(C)C. The maximum Gasteiger partial charge on any atom is 0.229 e. The molecule has 2 nitrogen and oxygen atoms in total. The molecule has 1 heterocycles. The molecule has 1 aromatic rings. The molecule has 1 aromatic heterocycles. The summed E-state index contributed by atoms with van der Waals surface area (Å²) in [7, 11) is 0. The lowest BCUT2D eigenvalue weighted by molar-refractivity contribution is 0.226. The molecule has 0 N–H and O–H groups in total. The summed E-state index contributed by atoms with van der Waals surface area (Å²) >= 11 is 7.36. The Morgan fingerprint density at radius 1 is 1.46 bits per heavy atom. The van der Waals surface area contributed by atoms with Gasteiger partial charge in [-0.1, -0.05) is 11.6 Å². The first kappa shape index (κ1) is 10.7. The highest BCUT2D eigenvalue weighted by Gasteiger charge is 2.06. The smallest absolute Gasteiger partial charge is 0.229 e. The van der Waals surface area contributed by atoms with E-state index < -0.39 is 0 Å². The summed E-state index contributed by atoms with van der Waals surface area (Å²) < 4.78 is 5.50. The fraction of sp³-hybridized carbons (Fsp3) is 0.444. The maximum atomic E-state index is 5.76. The number of hydrogen-bond acceptors (Lipinski definition) is 3. The molecule has 0 fully saturated rings. The Morgan fingerprint density at radius 3 is 2.69 bits per heavy atom. The fourth-order valence-electron chi connectivity index (χ4n) is 0.868. The summed E-state index contributed by atoms with van der Waals surface area (Å²) in [6, 6.07) is 3.68. The first-order valence-electron chi connectivity index (χ1n) is 4.00. The van der Waals surface area contributed by atoms with E-state index in [0.717, 1.165) is 4.90 Å². The minimum absolute atomic E-state index is 0.122. The molecule has 0 saturated carbocycles. The van der Waals surface area contributed by atoms with E-state index in [2.05, 4.69) is 4.98 Å². The third kappa shape index (κ3) is 3.08. The average Bonchev–Trinajstić information content (AvgIpc) is 2.03. The van der Waals surface area contributed by atoms with Crippen molar-refractivity contribution in [3.8, 4) is 5.88 Å². The van der Waals surface area contributed by atoms with Gasteiger partial charge in [-0.2, -0.15) is 0 Å². The van der Waals surface area contributed by atoms with Gasteiger partial charge in [0, 0.05) is 0 Å². The Hall–Kier alpha value is -0.410. The van der Waals surface area contributed by atoms with Crippen LogP contribution in [-0.4, -0.2) is 17.3 Å². The minimum Gasteiger partial charge on any atom is -0.474 e. The van der Waals surface area contributed by atoms with Gasteiger partial charge in [0.25, 0.3) is 0 Å². The Kier molecular flexibility index (Phi) is 3.88. The molecule has 0 bridgehead atoms. The van der Waals surface area contributed by atoms with Crippen LogP contribution in [0.15, 0.2) is 17.0 Å². The van der Waals surface area contributed by atoms with Crippen LogP contribution in [0.4, 0.5) is 0 Å². The standard InChI is InChI=1S/C9H12ClNOS/c1-6(2)12-9-7(13-3)4-5-8(10)11-9/h4-6H,1-3H3. The molecule has 0 unspecified atom stereocenters. The van der Waals surface area contributed by atoms with Crippen LogP contribution in [0.5, 0.6) is 5.88 Å². The van der Waals surface area contributed by atoms with E-state index in [0.29, 0.717) is 11.0 Å². The van der Waals surface area contributed by atoms with Crippen molar-refractivity contribution in [1.29, 1.82) is 0 Å². The van der Waals surface area contributed by atoms with Gasteiger partial charge in [-0.3, -0.25) is 0 Å². The molecule has 0 spiro atoms. The number of halogens is 1. The van der Waals surface area contributed by atoms with E-state index in [1.54, 1.807) is 17.8 Å². The summed E-state index contributed by atoms with van der Waals surface area (Å²) in [6.45, 7) is 3.93. The highest BCUT2D eigenvalue weighted by Crippen LogP contribution is 2.27. The van der Waals surface area contributed by atoms with E-state index in [1.807, 2.05) is 26.2 Å². The number of aromatic nitrogens is 1. The monoisotopic (exact) mass is 217 g/mol. The van der Waals surface area contributed by atoms with Gasteiger partial charge >= 0.3 is 0 Å². The zero-order valence-electron chi connectivity index (χ0n) is 7.87. The molecule has 0 aliphatic heterocycles. The van der Waals surface area contributed by atoms with Crippen molar-refractivity contribution in [3.63, 3.8) is 0 Å². The van der Waals surface area contributed by atoms with Crippen molar-refractivity contribution >= 4 is 23.4 Å². The molecule has 1 rings (SSSR count). The zero-order valence-corrected chi connectivity index (χ0v) is 9.45. The van der Waals surface area contributed by atoms with Crippen LogP contribution in [-0.2, 0) is 0 Å². The number of pyridine rings is 1. The second-order valence-electron chi connectivity index (χ2n) is 2.81. The van der Waals surface area contributed by atoms with Crippen LogP contribution in [0.3, 0.4) is 0 Å². The summed E-state index contributed by atoms with van der Waals surface area (Å²) in [6.07, 6.45) is 2.11. The minimum atomic E-state index is 0.122. The van der Waals surface area contributed by atoms with E-state index in [9.17, 15) is 0 Å². The van der Waals surface area contributed by atoms with Crippen LogP contribution in [0.1, 0.15) is 13.8 Å². The van der Waals surface area contributed by atoms with Crippen LogP contribution in [0.25, 0.3) is 0 Å². The Labute approximate surface area is 87.7 Å². The van der Waals surface area contributed by atoms with Crippen molar-refractivity contribution < 1.29 is 4.74 Å². The van der Waals surface area contributed by atoms with E-state index in [1.165, 1.54) is 0 Å². The number of nitrogens with zero attached hydrogens (tertiary/aromatic N) is 1. The largest absolute Gasteiger partial charge is 0.474 e. The third-order valence-electron chi connectivity index (χ3n) is 1.36. The molecular weight excluding hydrogens is 206 g/mol. The number of ether oxygens (including phenoxy) is 1. The fourth-order valence-corrected chi connectivity index (χ4v) is 1.48. The summed E-state index contributed by atoms with van der Waals surface area (Å²) in [5.74, 6) is 0.620. The predicted molar refractivity (Wildman–Crippen MR) is 56.8 cm³/mol. The van der Waals surface area contributed by atoms with Gasteiger partial charge in [0.2, 0.25) is 5.88 Å². The number of thioether (sulfide) groups is 1.